The zero-order valence-corrected chi connectivity index (χ0v) is 20.3. The normalized spacial score (nSPS) is 16.9. The van der Waals surface area contributed by atoms with E-state index in [1.807, 2.05) is 36.4 Å². The third-order valence-corrected chi connectivity index (χ3v) is 7.45. The van der Waals surface area contributed by atoms with Crippen LogP contribution in [-0.4, -0.2) is 42.2 Å². The molecule has 0 aromatic carbocycles. The summed E-state index contributed by atoms with van der Waals surface area (Å²) in [5.41, 5.74) is 1.42. The van der Waals surface area contributed by atoms with Crippen LogP contribution in [0.1, 0.15) is 40.2 Å². The Hall–Kier alpha value is -3.64. The molecular weight excluding hydrogens is 484 g/mol. The maximum atomic E-state index is 12.2. The zero-order chi connectivity index (χ0) is 24.0. The molecule has 1 aliphatic rings. The Morgan fingerprint density at radius 1 is 0.800 bits per heavy atom. The third-order valence-electron chi connectivity index (χ3n) is 5.58. The molecule has 2 amide bonds. The number of rotatable bonds is 9. The molecule has 12 heteroatoms. The molecule has 0 radical (unpaired) electrons. The minimum Gasteiger partial charge on any atom is -0.300 e. The lowest BCUT2D eigenvalue weighted by atomic mass is 9.74. The molecule has 178 valence electrons. The summed E-state index contributed by atoms with van der Waals surface area (Å²) >= 11 is 2.83. The summed E-state index contributed by atoms with van der Waals surface area (Å²) in [4.78, 5) is 32.7. The van der Waals surface area contributed by atoms with Crippen molar-refractivity contribution in [1.29, 1.82) is 0 Å². The molecule has 0 bridgehead atoms. The van der Waals surface area contributed by atoms with Crippen molar-refractivity contribution in [1.82, 2.24) is 30.4 Å². The molecular formula is C23H22N8O2S2. The van der Waals surface area contributed by atoms with Gasteiger partial charge in [0.2, 0.25) is 22.1 Å². The molecule has 1 fully saturated rings. The second kappa shape index (κ2) is 10.7. The first-order valence-electron chi connectivity index (χ1n) is 11.2. The molecule has 4 aromatic rings. The fourth-order valence-corrected chi connectivity index (χ4v) is 5.60. The van der Waals surface area contributed by atoms with Gasteiger partial charge in [0, 0.05) is 36.1 Å². The maximum absolute atomic E-state index is 12.2. The minimum absolute atomic E-state index is 0.155. The Kier molecular flexibility index (Phi) is 7.09. The number of amides is 2. The van der Waals surface area contributed by atoms with Gasteiger partial charge in [-0.1, -0.05) is 34.8 Å². The number of aromatic nitrogens is 6. The molecule has 35 heavy (non-hydrogen) atoms. The van der Waals surface area contributed by atoms with Gasteiger partial charge in [-0.05, 0) is 43.0 Å². The highest BCUT2D eigenvalue weighted by atomic mass is 32.1. The van der Waals surface area contributed by atoms with E-state index in [4.69, 9.17) is 0 Å². The number of nitrogens with zero attached hydrogens (tertiary/aromatic N) is 6. The fraction of sp³-hybridized carbons (Fsp3) is 0.304. The van der Waals surface area contributed by atoms with Crippen molar-refractivity contribution in [3.05, 3.63) is 70.2 Å². The van der Waals surface area contributed by atoms with E-state index in [1.54, 1.807) is 12.4 Å². The van der Waals surface area contributed by atoms with Gasteiger partial charge >= 0.3 is 0 Å². The van der Waals surface area contributed by atoms with Gasteiger partial charge in [-0.25, -0.2) is 0 Å². The highest BCUT2D eigenvalue weighted by molar-refractivity contribution is 7.15. The molecule has 0 atom stereocenters. The van der Waals surface area contributed by atoms with Crippen LogP contribution in [0.2, 0.25) is 0 Å². The van der Waals surface area contributed by atoms with E-state index in [2.05, 4.69) is 41.0 Å². The molecule has 0 saturated heterocycles. The average molecular weight is 507 g/mol. The number of carbonyl (C=O) groups is 2. The summed E-state index contributed by atoms with van der Waals surface area (Å²) < 4.78 is 0. The first kappa shape index (κ1) is 23.1. The van der Waals surface area contributed by atoms with E-state index in [1.165, 1.54) is 22.7 Å². The van der Waals surface area contributed by atoms with Crippen molar-refractivity contribution in [2.45, 2.75) is 38.0 Å². The third kappa shape index (κ3) is 6.28. The summed E-state index contributed by atoms with van der Waals surface area (Å²) in [5, 5.41) is 25.2. The van der Waals surface area contributed by atoms with E-state index in [-0.39, 0.29) is 24.7 Å². The monoisotopic (exact) mass is 506 g/mol. The Bertz CT molecular complexity index is 1290. The van der Waals surface area contributed by atoms with E-state index < -0.39 is 0 Å². The molecule has 10 nitrogen and oxygen atoms in total. The zero-order valence-electron chi connectivity index (χ0n) is 18.6. The molecule has 0 aliphatic heterocycles. The second-order valence-electron chi connectivity index (χ2n) is 8.28. The van der Waals surface area contributed by atoms with Crippen LogP contribution >= 0.6 is 22.7 Å². The highest BCUT2D eigenvalue weighted by Gasteiger charge is 2.33. The van der Waals surface area contributed by atoms with Gasteiger partial charge in [-0.2, -0.15) is 0 Å². The molecule has 0 spiro atoms. The standard InChI is InChI=1S/C23H22N8O2S2/c32-18(12-16-5-1-3-7-24-16)26-22-30-28-20(34-22)11-14-9-15(10-14)21-29-31-23(35-21)27-19(33)13-17-6-2-4-8-25-17/h1-8,14-15H,9-13H2,(H,26,30,32)(H,27,31,33). The van der Waals surface area contributed by atoms with Crippen molar-refractivity contribution in [3.63, 3.8) is 0 Å². The van der Waals surface area contributed by atoms with E-state index >= 15 is 0 Å². The number of anilines is 2. The molecule has 1 saturated carbocycles. The summed E-state index contributed by atoms with van der Waals surface area (Å²) in [7, 11) is 0. The summed E-state index contributed by atoms with van der Waals surface area (Å²) in [6.45, 7) is 0. The van der Waals surface area contributed by atoms with Crippen LogP contribution in [0.5, 0.6) is 0 Å². The fourth-order valence-electron chi connectivity index (χ4n) is 3.85. The lowest BCUT2D eigenvalue weighted by Crippen LogP contribution is -2.23. The van der Waals surface area contributed by atoms with Crippen LogP contribution in [-0.2, 0) is 28.9 Å². The first-order chi connectivity index (χ1) is 17.1. The minimum atomic E-state index is -0.158. The smallest absolute Gasteiger partial charge is 0.232 e. The summed E-state index contributed by atoms with van der Waals surface area (Å²) in [6.07, 6.45) is 6.52. The Morgan fingerprint density at radius 2 is 1.40 bits per heavy atom. The molecule has 5 rings (SSSR count). The lowest BCUT2D eigenvalue weighted by Gasteiger charge is -2.32. The van der Waals surface area contributed by atoms with Crippen LogP contribution in [0, 0.1) is 5.92 Å². The Labute approximate surface area is 209 Å². The van der Waals surface area contributed by atoms with Gasteiger partial charge in [0.1, 0.15) is 10.0 Å². The van der Waals surface area contributed by atoms with Gasteiger partial charge in [0.15, 0.2) is 0 Å². The van der Waals surface area contributed by atoms with Crippen molar-refractivity contribution in [2.75, 3.05) is 10.6 Å². The lowest BCUT2D eigenvalue weighted by molar-refractivity contribution is -0.116. The van der Waals surface area contributed by atoms with Gasteiger partial charge in [0.05, 0.1) is 12.8 Å². The molecule has 0 unspecified atom stereocenters. The van der Waals surface area contributed by atoms with E-state index in [9.17, 15) is 9.59 Å². The Balaban J connectivity index is 1.05. The maximum Gasteiger partial charge on any atom is 0.232 e. The molecule has 2 N–H and O–H groups in total. The number of hydrogen-bond donors (Lipinski definition) is 2. The predicted octanol–water partition coefficient (Wildman–Crippen LogP) is 3.28. The van der Waals surface area contributed by atoms with Crippen molar-refractivity contribution in [2.24, 2.45) is 5.92 Å². The largest absolute Gasteiger partial charge is 0.300 e. The quantitative estimate of drug-likeness (QED) is 0.353. The molecule has 4 aromatic heterocycles. The summed E-state index contributed by atoms with van der Waals surface area (Å²) in [5.74, 6) is 0.506. The van der Waals surface area contributed by atoms with Crippen LogP contribution < -0.4 is 10.6 Å². The van der Waals surface area contributed by atoms with Crippen molar-refractivity contribution >= 4 is 44.8 Å². The van der Waals surface area contributed by atoms with Crippen LogP contribution in [0.15, 0.2) is 48.8 Å². The van der Waals surface area contributed by atoms with E-state index in [0.717, 1.165) is 29.3 Å². The van der Waals surface area contributed by atoms with Crippen LogP contribution in [0.25, 0.3) is 0 Å². The van der Waals surface area contributed by atoms with Gasteiger partial charge in [0.25, 0.3) is 0 Å². The average Bonchev–Trinajstić information content (AvgIpc) is 3.46. The van der Waals surface area contributed by atoms with Gasteiger partial charge < -0.3 is 10.6 Å². The second-order valence-corrected chi connectivity index (χ2v) is 10.3. The topological polar surface area (TPSA) is 136 Å². The predicted molar refractivity (Wildman–Crippen MR) is 132 cm³/mol. The van der Waals surface area contributed by atoms with Crippen molar-refractivity contribution in [3.8, 4) is 0 Å². The van der Waals surface area contributed by atoms with Gasteiger partial charge in [-0.15, -0.1) is 20.4 Å². The first-order valence-corrected chi connectivity index (χ1v) is 12.8. The van der Waals surface area contributed by atoms with Crippen LogP contribution in [0.4, 0.5) is 10.3 Å². The van der Waals surface area contributed by atoms with E-state index in [0.29, 0.717) is 33.5 Å². The highest BCUT2D eigenvalue weighted by Crippen LogP contribution is 2.44. The molecule has 1 aliphatic carbocycles. The molecule has 4 heterocycles. The Morgan fingerprint density at radius 3 is 2.00 bits per heavy atom. The number of pyridine rings is 2. The van der Waals surface area contributed by atoms with Gasteiger partial charge in [-0.3, -0.25) is 19.6 Å². The van der Waals surface area contributed by atoms with Crippen LogP contribution in [0.3, 0.4) is 0 Å². The van der Waals surface area contributed by atoms with Crippen molar-refractivity contribution < 1.29 is 9.59 Å². The number of carbonyl (C=O) groups excluding carboxylic acids is 2. The number of hydrogen-bond acceptors (Lipinski definition) is 10. The summed E-state index contributed by atoms with van der Waals surface area (Å²) in [6, 6.07) is 11.0. The number of nitrogens with one attached hydrogen (secondary N) is 2. The SMILES string of the molecule is O=C(Cc1ccccn1)Nc1nnc(CC2CC(c3nnc(NC(=O)Cc4ccccn4)s3)C2)s1.